The molecule has 0 aromatic heterocycles. The van der Waals surface area contributed by atoms with Gasteiger partial charge >= 0.3 is 0 Å². The Labute approximate surface area is 103 Å². The number of benzene rings is 1. The van der Waals surface area contributed by atoms with Gasteiger partial charge in [-0.15, -0.1) is 0 Å². The molecule has 2 N–H and O–H groups in total. The fourth-order valence-corrected chi connectivity index (χ4v) is 1.97. The number of hydrogen-bond donors (Lipinski definition) is 1. The van der Waals surface area contributed by atoms with Crippen LogP contribution in [-0.2, 0) is 4.79 Å². The van der Waals surface area contributed by atoms with Crippen LogP contribution < -0.4 is 10.7 Å². The maximum absolute atomic E-state index is 13.7. The van der Waals surface area contributed by atoms with Gasteiger partial charge in [0.1, 0.15) is 5.69 Å². The number of rotatable bonds is 2. The largest absolute Gasteiger partial charge is 0.329 e. The lowest BCUT2D eigenvalue weighted by Gasteiger charge is -2.15. The van der Waals surface area contributed by atoms with Crippen molar-refractivity contribution in [3.8, 4) is 0 Å². The van der Waals surface area contributed by atoms with Gasteiger partial charge in [0.05, 0.1) is 10.9 Å². The second kappa shape index (κ2) is 4.43. The third-order valence-corrected chi connectivity index (χ3v) is 2.96. The molecule has 0 saturated carbocycles. The van der Waals surface area contributed by atoms with Gasteiger partial charge in [-0.1, -0.05) is 17.7 Å². The van der Waals surface area contributed by atoms with E-state index in [1.165, 1.54) is 18.2 Å². The molecule has 1 unspecified atom stereocenters. The van der Waals surface area contributed by atoms with Crippen LogP contribution in [0.2, 0.25) is 5.02 Å². The Hall–Kier alpha value is -1.46. The van der Waals surface area contributed by atoms with Gasteiger partial charge in [-0.05, 0) is 19.1 Å². The van der Waals surface area contributed by atoms with Crippen LogP contribution in [0, 0.1) is 11.7 Å². The molecule has 1 aliphatic rings. The summed E-state index contributed by atoms with van der Waals surface area (Å²) in [6.07, 6.45) is 0. The van der Waals surface area contributed by atoms with Crippen molar-refractivity contribution in [1.82, 2.24) is 0 Å². The average Bonchev–Trinajstić information content (AvgIpc) is 2.54. The molecule has 0 saturated heterocycles. The first-order valence-electron chi connectivity index (χ1n) is 5.09. The zero-order valence-electron chi connectivity index (χ0n) is 9.15. The highest BCUT2D eigenvalue weighted by Gasteiger charge is 2.35. The minimum Gasteiger partial charge on any atom is -0.329 e. The Balaban J connectivity index is 2.46. The number of halogens is 2. The molecule has 0 radical (unpaired) electrons. The summed E-state index contributed by atoms with van der Waals surface area (Å²) in [4.78, 5) is 12.0. The Morgan fingerprint density at radius 2 is 2.29 bits per heavy atom. The lowest BCUT2D eigenvalue weighted by atomic mass is 10.1. The second-order valence-electron chi connectivity index (χ2n) is 3.75. The highest BCUT2D eigenvalue weighted by atomic mass is 35.5. The lowest BCUT2D eigenvalue weighted by Crippen LogP contribution is -2.32. The summed E-state index contributed by atoms with van der Waals surface area (Å²) in [5, 5.41) is 5.15. The van der Waals surface area contributed by atoms with E-state index in [1.54, 1.807) is 6.92 Å². The first kappa shape index (κ1) is 12.0. The van der Waals surface area contributed by atoms with Crippen molar-refractivity contribution in [2.45, 2.75) is 6.92 Å². The molecule has 90 valence electrons. The van der Waals surface area contributed by atoms with Crippen molar-refractivity contribution in [2.24, 2.45) is 16.8 Å². The number of carbonyl (C=O) groups is 1. The highest BCUT2D eigenvalue weighted by molar-refractivity contribution is 6.34. The van der Waals surface area contributed by atoms with Crippen molar-refractivity contribution in [3.63, 3.8) is 0 Å². The van der Waals surface area contributed by atoms with Gasteiger partial charge < -0.3 is 5.73 Å². The minimum atomic E-state index is -0.583. The molecular formula is C11H11ClFN3O. The van der Waals surface area contributed by atoms with Crippen LogP contribution in [0.3, 0.4) is 0 Å². The molecular weight excluding hydrogens is 245 g/mol. The maximum atomic E-state index is 13.7. The first-order chi connectivity index (χ1) is 8.06. The first-order valence-corrected chi connectivity index (χ1v) is 5.47. The van der Waals surface area contributed by atoms with Gasteiger partial charge in [-0.25, -0.2) is 4.39 Å². The summed E-state index contributed by atoms with van der Waals surface area (Å²) < 4.78 is 13.7. The van der Waals surface area contributed by atoms with E-state index in [4.69, 9.17) is 17.3 Å². The van der Waals surface area contributed by atoms with E-state index < -0.39 is 11.7 Å². The maximum Gasteiger partial charge on any atom is 0.257 e. The van der Waals surface area contributed by atoms with Gasteiger partial charge in [0.15, 0.2) is 5.82 Å². The quantitative estimate of drug-likeness (QED) is 0.876. The molecule has 1 aliphatic heterocycles. The molecule has 4 nitrogen and oxygen atoms in total. The Kier molecular flexibility index (Phi) is 3.13. The molecule has 1 aromatic rings. The molecule has 1 aromatic carbocycles. The highest BCUT2D eigenvalue weighted by Crippen LogP contribution is 2.32. The van der Waals surface area contributed by atoms with E-state index in [9.17, 15) is 9.18 Å². The zero-order chi connectivity index (χ0) is 12.6. The van der Waals surface area contributed by atoms with Crippen LogP contribution in [-0.4, -0.2) is 18.2 Å². The predicted octanol–water partition coefficient (Wildman–Crippen LogP) is 1.78. The monoisotopic (exact) mass is 255 g/mol. The number of nitrogens with zero attached hydrogens (tertiary/aromatic N) is 2. The van der Waals surface area contributed by atoms with Crippen LogP contribution in [0.15, 0.2) is 23.3 Å². The smallest absolute Gasteiger partial charge is 0.257 e. The third-order valence-electron chi connectivity index (χ3n) is 2.65. The summed E-state index contributed by atoms with van der Waals surface area (Å²) in [7, 11) is 0. The third kappa shape index (κ3) is 1.92. The van der Waals surface area contributed by atoms with Crippen molar-refractivity contribution in [3.05, 3.63) is 29.0 Å². The second-order valence-corrected chi connectivity index (χ2v) is 4.16. The molecule has 1 atom stereocenters. The van der Waals surface area contributed by atoms with Gasteiger partial charge in [-0.3, -0.25) is 4.79 Å². The molecule has 0 fully saturated rings. The fourth-order valence-electron chi connectivity index (χ4n) is 1.73. The molecule has 1 amide bonds. The Morgan fingerprint density at radius 1 is 1.59 bits per heavy atom. The summed E-state index contributed by atoms with van der Waals surface area (Å²) in [5.41, 5.74) is 6.02. The van der Waals surface area contributed by atoms with Crippen LogP contribution in [0.5, 0.6) is 0 Å². The number of anilines is 1. The Morgan fingerprint density at radius 3 is 2.82 bits per heavy atom. The number of amides is 1. The van der Waals surface area contributed by atoms with Crippen molar-refractivity contribution in [1.29, 1.82) is 0 Å². The lowest BCUT2D eigenvalue weighted by molar-refractivity contribution is -0.119. The van der Waals surface area contributed by atoms with Crippen molar-refractivity contribution >= 4 is 28.9 Å². The molecule has 0 spiro atoms. The molecule has 6 heteroatoms. The normalized spacial score (nSPS) is 19.8. The summed E-state index contributed by atoms with van der Waals surface area (Å²) in [6, 6.07) is 4.21. The van der Waals surface area contributed by atoms with Crippen LogP contribution in [0.25, 0.3) is 0 Å². The van der Waals surface area contributed by atoms with E-state index >= 15 is 0 Å². The minimum absolute atomic E-state index is 0.0190. The number of hydrazone groups is 1. The standard InChI is InChI=1S/C11H11ClFN3O/c1-6-7(5-14)11(17)16(15-6)10-8(12)3-2-4-9(10)13/h2-4,7H,5,14H2,1H3. The number of para-hydroxylation sites is 1. The molecule has 1 heterocycles. The van der Waals surface area contributed by atoms with Crippen molar-refractivity contribution in [2.75, 3.05) is 11.6 Å². The predicted molar refractivity (Wildman–Crippen MR) is 64.5 cm³/mol. The molecule has 17 heavy (non-hydrogen) atoms. The Bertz CT molecular complexity index is 483. The van der Waals surface area contributed by atoms with Gasteiger partial charge in [0.2, 0.25) is 0 Å². The average molecular weight is 256 g/mol. The van der Waals surface area contributed by atoms with E-state index in [-0.39, 0.29) is 23.2 Å². The van der Waals surface area contributed by atoms with E-state index in [0.717, 1.165) is 5.01 Å². The van der Waals surface area contributed by atoms with Gasteiger partial charge in [0.25, 0.3) is 5.91 Å². The van der Waals surface area contributed by atoms with E-state index in [0.29, 0.717) is 5.71 Å². The molecule has 0 bridgehead atoms. The molecule has 0 aliphatic carbocycles. The topological polar surface area (TPSA) is 58.7 Å². The van der Waals surface area contributed by atoms with Crippen LogP contribution in [0.4, 0.5) is 10.1 Å². The van der Waals surface area contributed by atoms with Gasteiger partial charge in [0, 0.05) is 12.3 Å². The molecule has 2 rings (SSSR count). The van der Waals surface area contributed by atoms with Gasteiger partial charge in [-0.2, -0.15) is 10.1 Å². The SMILES string of the molecule is CC1=NN(c2c(F)cccc2Cl)C(=O)C1CN. The fraction of sp³-hybridized carbons (Fsp3) is 0.273. The van der Waals surface area contributed by atoms with E-state index in [2.05, 4.69) is 5.10 Å². The zero-order valence-corrected chi connectivity index (χ0v) is 9.91. The number of carbonyl (C=O) groups excluding carboxylic acids is 1. The van der Waals surface area contributed by atoms with E-state index in [1.807, 2.05) is 0 Å². The van der Waals surface area contributed by atoms with Crippen LogP contribution >= 0.6 is 11.6 Å². The summed E-state index contributed by atoms with van der Waals surface area (Å²) in [5.74, 6) is -1.43. The summed E-state index contributed by atoms with van der Waals surface area (Å²) in [6.45, 7) is 1.83. The van der Waals surface area contributed by atoms with Crippen molar-refractivity contribution < 1.29 is 9.18 Å². The number of nitrogens with two attached hydrogens (primary N) is 1. The number of hydrogen-bond acceptors (Lipinski definition) is 3. The van der Waals surface area contributed by atoms with Crippen LogP contribution in [0.1, 0.15) is 6.92 Å². The summed E-state index contributed by atoms with van der Waals surface area (Å²) >= 11 is 5.88.